The second-order valence-electron chi connectivity index (χ2n) is 4.77. The van der Waals surface area contributed by atoms with Crippen molar-refractivity contribution in [1.29, 1.82) is 0 Å². The van der Waals surface area contributed by atoms with Crippen molar-refractivity contribution in [1.82, 2.24) is 14.5 Å². The van der Waals surface area contributed by atoms with E-state index in [1.54, 1.807) is 17.0 Å². The predicted molar refractivity (Wildman–Crippen MR) is 68.2 cm³/mol. The lowest BCUT2D eigenvalue weighted by Crippen LogP contribution is -2.49. The van der Waals surface area contributed by atoms with Gasteiger partial charge in [-0.3, -0.25) is 4.57 Å². The molecule has 3 atom stereocenters. The number of aliphatic hydroxyl groups excluding tert-OH is 2. The van der Waals surface area contributed by atoms with Crippen molar-refractivity contribution < 1.29 is 14.9 Å². The largest absolute Gasteiger partial charge is 0.397 e. The normalized spacial score (nSPS) is 26.6. The summed E-state index contributed by atoms with van der Waals surface area (Å²) < 4.78 is 7.31. The Balaban J connectivity index is 2.02. The van der Waals surface area contributed by atoms with Crippen molar-refractivity contribution in [2.24, 2.45) is 5.92 Å². The van der Waals surface area contributed by atoms with Gasteiger partial charge in [-0.25, -0.2) is 9.97 Å². The van der Waals surface area contributed by atoms with Gasteiger partial charge < -0.3 is 20.7 Å². The number of imidazole rings is 1. The van der Waals surface area contributed by atoms with Gasteiger partial charge in [0.2, 0.25) is 0 Å². The van der Waals surface area contributed by atoms with Crippen LogP contribution in [0, 0.1) is 12.8 Å². The van der Waals surface area contributed by atoms with Gasteiger partial charge in [-0.1, -0.05) is 0 Å². The van der Waals surface area contributed by atoms with E-state index in [9.17, 15) is 5.11 Å². The number of rotatable bonds is 3. The summed E-state index contributed by atoms with van der Waals surface area (Å²) >= 11 is 0. The lowest BCUT2D eigenvalue weighted by molar-refractivity contribution is -0.243. The maximum absolute atomic E-state index is 9.37. The number of hydrogen-bond acceptors (Lipinski definition) is 6. The topological polar surface area (TPSA) is 106 Å². The summed E-state index contributed by atoms with van der Waals surface area (Å²) in [5, 5.41) is 18.5. The van der Waals surface area contributed by atoms with Gasteiger partial charge in [-0.2, -0.15) is 0 Å². The molecular weight excluding hydrogens is 248 g/mol. The molecule has 102 valence electrons. The second kappa shape index (κ2) is 4.44. The molecule has 3 rings (SSSR count). The molecule has 0 spiro atoms. The molecule has 3 unspecified atom stereocenters. The summed E-state index contributed by atoms with van der Waals surface area (Å²) in [5.74, 6) is -0.161. The van der Waals surface area contributed by atoms with Gasteiger partial charge in [0, 0.05) is 5.69 Å². The molecule has 0 aromatic carbocycles. The smallest absolute Gasteiger partial charge is 0.164 e. The van der Waals surface area contributed by atoms with E-state index < -0.39 is 0 Å². The lowest BCUT2D eigenvalue weighted by Gasteiger charge is -2.43. The highest BCUT2D eigenvalue weighted by Crippen LogP contribution is 2.38. The van der Waals surface area contributed by atoms with E-state index in [4.69, 9.17) is 15.6 Å². The molecule has 19 heavy (non-hydrogen) atoms. The van der Waals surface area contributed by atoms with Gasteiger partial charge in [-0.05, 0) is 13.0 Å². The van der Waals surface area contributed by atoms with Crippen molar-refractivity contribution in [3.63, 3.8) is 0 Å². The minimum absolute atomic E-state index is 0.0587. The van der Waals surface area contributed by atoms with Crippen LogP contribution < -0.4 is 5.73 Å². The summed E-state index contributed by atoms with van der Waals surface area (Å²) in [6, 6.07) is 1.77. The number of aryl methyl sites for hydroxylation is 1. The second-order valence-corrected chi connectivity index (χ2v) is 4.77. The Labute approximate surface area is 109 Å². The summed E-state index contributed by atoms with van der Waals surface area (Å²) in [5.41, 5.74) is 8.53. The number of anilines is 1. The van der Waals surface area contributed by atoms with Crippen LogP contribution in [0.3, 0.4) is 0 Å². The van der Waals surface area contributed by atoms with E-state index in [2.05, 4.69) is 9.97 Å². The maximum atomic E-state index is 9.37. The van der Waals surface area contributed by atoms with Crippen LogP contribution in [-0.4, -0.2) is 44.1 Å². The Kier molecular flexibility index (Phi) is 2.89. The summed E-state index contributed by atoms with van der Waals surface area (Å²) in [6.07, 6.45) is 0.907. The molecule has 7 nitrogen and oxygen atoms in total. The van der Waals surface area contributed by atoms with E-state index >= 15 is 0 Å². The molecule has 0 aliphatic carbocycles. The summed E-state index contributed by atoms with van der Waals surface area (Å²) in [6.45, 7) is 1.69. The zero-order chi connectivity index (χ0) is 13.6. The molecule has 2 aromatic rings. The quantitative estimate of drug-likeness (QED) is 0.710. The van der Waals surface area contributed by atoms with Crippen molar-refractivity contribution in [3.8, 4) is 0 Å². The number of ether oxygens (including phenoxy) is 1. The first-order valence-corrected chi connectivity index (χ1v) is 6.12. The molecule has 4 N–H and O–H groups in total. The van der Waals surface area contributed by atoms with Gasteiger partial charge in [0.1, 0.15) is 11.7 Å². The standard InChI is InChI=1S/C12H16N4O3/c1-6-2-8(13)10-11(15-6)16(5-14-10)12-7(3-17)9(4-18)19-12/h2,5,7,9,12,17-18H,3-4H2,1H3,(H2,13,15). The number of hydrogen-bond donors (Lipinski definition) is 3. The summed E-state index contributed by atoms with van der Waals surface area (Å²) in [4.78, 5) is 8.65. The average Bonchev–Trinajstić information content (AvgIpc) is 2.73. The molecule has 1 saturated heterocycles. The molecule has 1 fully saturated rings. The van der Waals surface area contributed by atoms with Crippen LogP contribution in [0.4, 0.5) is 5.69 Å². The maximum Gasteiger partial charge on any atom is 0.164 e. The number of nitrogens with two attached hydrogens (primary N) is 1. The van der Waals surface area contributed by atoms with Crippen LogP contribution in [0.5, 0.6) is 0 Å². The van der Waals surface area contributed by atoms with E-state index in [0.29, 0.717) is 16.9 Å². The van der Waals surface area contributed by atoms with Gasteiger partial charge >= 0.3 is 0 Å². The Morgan fingerprint density at radius 3 is 2.89 bits per heavy atom. The number of fused-ring (bicyclic) bond motifs is 1. The van der Waals surface area contributed by atoms with E-state index in [1.807, 2.05) is 6.92 Å². The minimum Gasteiger partial charge on any atom is -0.397 e. The predicted octanol–water partition coefficient (Wildman–Crippen LogP) is -0.180. The molecule has 1 aliphatic rings. The third kappa shape index (κ3) is 1.78. The Bertz CT molecular complexity index is 612. The molecule has 2 aromatic heterocycles. The van der Waals surface area contributed by atoms with Gasteiger partial charge in [0.25, 0.3) is 0 Å². The molecule has 1 aliphatic heterocycles. The molecular formula is C12H16N4O3. The first-order valence-electron chi connectivity index (χ1n) is 6.12. The number of nitrogens with zero attached hydrogens (tertiary/aromatic N) is 3. The fraction of sp³-hybridized carbons (Fsp3) is 0.500. The first kappa shape index (κ1) is 12.3. The number of aromatic nitrogens is 3. The van der Waals surface area contributed by atoms with Gasteiger partial charge in [0.05, 0.1) is 37.3 Å². The molecule has 7 heteroatoms. The van der Waals surface area contributed by atoms with Crippen LogP contribution in [0.1, 0.15) is 11.9 Å². The van der Waals surface area contributed by atoms with Gasteiger partial charge in [-0.15, -0.1) is 0 Å². The average molecular weight is 264 g/mol. The molecule has 0 radical (unpaired) electrons. The van der Waals surface area contributed by atoms with Crippen LogP contribution in [0.15, 0.2) is 12.4 Å². The first-order chi connectivity index (χ1) is 9.15. The number of pyridine rings is 1. The lowest BCUT2D eigenvalue weighted by atomic mass is 9.95. The van der Waals surface area contributed by atoms with Gasteiger partial charge in [0.15, 0.2) is 5.65 Å². The van der Waals surface area contributed by atoms with E-state index in [-0.39, 0.29) is 31.5 Å². The third-order valence-electron chi connectivity index (χ3n) is 3.51. The molecule has 0 saturated carbocycles. The van der Waals surface area contributed by atoms with Crippen molar-refractivity contribution in [2.45, 2.75) is 19.3 Å². The zero-order valence-corrected chi connectivity index (χ0v) is 10.5. The highest BCUT2D eigenvalue weighted by Gasteiger charge is 2.43. The number of aliphatic hydroxyl groups is 2. The fourth-order valence-electron chi connectivity index (χ4n) is 2.48. The van der Waals surface area contributed by atoms with Crippen LogP contribution >= 0.6 is 0 Å². The Hall–Kier alpha value is -1.70. The van der Waals surface area contributed by atoms with E-state index in [1.165, 1.54) is 0 Å². The van der Waals surface area contributed by atoms with Crippen molar-refractivity contribution >= 4 is 16.9 Å². The SMILES string of the molecule is Cc1cc(N)c2ncn(C3OC(CO)C3CO)c2n1. The summed E-state index contributed by atoms with van der Waals surface area (Å²) in [7, 11) is 0. The Morgan fingerprint density at radius 1 is 1.42 bits per heavy atom. The van der Waals surface area contributed by atoms with Crippen molar-refractivity contribution in [2.75, 3.05) is 18.9 Å². The van der Waals surface area contributed by atoms with Crippen LogP contribution in [-0.2, 0) is 4.74 Å². The number of nitrogen functional groups attached to an aromatic ring is 1. The molecule has 0 bridgehead atoms. The van der Waals surface area contributed by atoms with Crippen LogP contribution in [0.2, 0.25) is 0 Å². The minimum atomic E-state index is -0.360. The monoisotopic (exact) mass is 264 g/mol. The molecule has 0 amide bonds. The molecule has 3 heterocycles. The highest BCUT2D eigenvalue weighted by atomic mass is 16.5. The third-order valence-corrected chi connectivity index (χ3v) is 3.51. The zero-order valence-electron chi connectivity index (χ0n) is 10.5. The Morgan fingerprint density at radius 2 is 2.21 bits per heavy atom. The fourth-order valence-corrected chi connectivity index (χ4v) is 2.48. The van der Waals surface area contributed by atoms with E-state index in [0.717, 1.165) is 5.69 Å². The van der Waals surface area contributed by atoms with Crippen LogP contribution in [0.25, 0.3) is 11.2 Å². The van der Waals surface area contributed by atoms with Crippen molar-refractivity contribution in [3.05, 3.63) is 18.1 Å². The highest BCUT2D eigenvalue weighted by molar-refractivity contribution is 5.84.